The average Bonchev–Trinajstić information content (AvgIpc) is 3.52. The van der Waals surface area contributed by atoms with Gasteiger partial charge in [0.2, 0.25) is 17.7 Å². The van der Waals surface area contributed by atoms with Gasteiger partial charge >= 0.3 is 0 Å². The van der Waals surface area contributed by atoms with Crippen molar-refractivity contribution < 1.29 is 53.3 Å². The lowest BCUT2D eigenvalue weighted by atomic mass is 9.84. The summed E-state index contributed by atoms with van der Waals surface area (Å²) in [4.78, 5) is 79.7. The van der Waals surface area contributed by atoms with Crippen molar-refractivity contribution in [1.82, 2.24) is 26.3 Å². The fourth-order valence-corrected chi connectivity index (χ4v) is 8.32. The van der Waals surface area contributed by atoms with Crippen molar-refractivity contribution >= 4 is 46.5 Å². The van der Waals surface area contributed by atoms with Crippen LogP contribution in [0.3, 0.4) is 0 Å². The Morgan fingerprint density at radius 1 is 1.00 bits per heavy atom. The van der Waals surface area contributed by atoms with E-state index in [1.807, 2.05) is 27.7 Å². The monoisotopic (exact) mass is 855 g/mol. The normalized spacial score (nSPS) is 19.0. The molecule has 0 bridgehead atoms. The minimum atomic E-state index is -1.49. The molecule has 6 amide bonds. The van der Waals surface area contributed by atoms with Crippen LogP contribution in [-0.2, 0) is 41.6 Å². The molecule has 2 unspecified atom stereocenters. The zero-order chi connectivity index (χ0) is 44.7. The van der Waals surface area contributed by atoms with Gasteiger partial charge in [0.25, 0.3) is 17.1 Å². The van der Waals surface area contributed by atoms with Gasteiger partial charge in [-0.15, -0.1) is 0 Å². The summed E-state index contributed by atoms with van der Waals surface area (Å²) < 4.78 is 18.7. The van der Waals surface area contributed by atoms with Crippen LogP contribution < -0.4 is 30.9 Å². The number of rotatable bonds is 18. The number of hydroxylamine groups is 1. The second-order valence-electron chi connectivity index (χ2n) is 17.2. The van der Waals surface area contributed by atoms with E-state index in [1.54, 1.807) is 64.4 Å². The summed E-state index contributed by atoms with van der Waals surface area (Å²) >= 11 is 0.955. The van der Waals surface area contributed by atoms with Crippen LogP contribution in [0, 0.1) is 38.0 Å². The second-order valence-corrected chi connectivity index (χ2v) is 18.3. The van der Waals surface area contributed by atoms with Gasteiger partial charge in [-0.25, -0.2) is 5.48 Å². The number of hydrogen-bond acceptors (Lipinski definition) is 12. The van der Waals surface area contributed by atoms with Crippen molar-refractivity contribution in [3.05, 3.63) is 52.1 Å². The van der Waals surface area contributed by atoms with Crippen LogP contribution in [0.2, 0.25) is 0 Å². The number of ether oxygens (including phenoxy) is 3. The Morgan fingerprint density at radius 2 is 1.65 bits per heavy atom. The molecule has 0 saturated carbocycles. The molecule has 1 saturated heterocycles. The molecule has 330 valence electrons. The molecule has 2 aromatic carbocycles. The fourth-order valence-electron chi connectivity index (χ4n) is 7.46. The fraction of sp³-hybridized carbons (Fsp3) is 0.581. The number of hydrogen-bond donors (Lipinski definition) is 6. The molecule has 2 heterocycles. The van der Waals surface area contributed by atoms with E-state index >= 15 is 0 Å². The van der Waals surface area contributed by atoms with Crippen molar-refractivity contribution in [2.24, 2.45) is 17.3 Å². The van der Waals surface area contributed by atoms with Gasteiger partial charge in [-0.2, -0.15) is 0 Å². The Balaban J connectivity index is 1.56. The van der Waals surface area contributed by atoms with Crippen molar-refractivity contribution in [2.75, 3.05) is 33.4 Å². The summed E-state index contributed by atoms with van der Waals surface area (Å²) in [5.74, 6) is -2.66. The van der Waals surface area contributed by atoms with E-state index in [-0.39, 0.29) is 61.4 Å². The van der Waals surface area contributed by atoms with Crippen molar-refractivity contribution in [1.29, 1.82) is 0 Å². The first kappa shape index (κ1) is 47.8. The molecule has 2 aliphatic rings. The van der Waals surface area contributed by atoms with Gasteiger partial charge in [-0.05, 0) is 92.7 Å². The van der Waals surface area contributed by atoms with Gasteiger partial charge in [0.1, 0.15) is 36.0 Å². The van der Waals surface area contributed by atoms with E-state index < -0.39 is 52.1 Å². The van der Waals surface area contributed by atoms with Gasteiger partial charge in [-0.1, -0.05) is 58.5 Å². The number of benzene rings is 2. The van der Waals surface area contributed by atoms with Crippen LogP contribution in [0.15, 0.2) is 24.3 Å². The highest BCUT2D eigenvalue weighted by Crippen LogP contribution is 2.43. The maximum Gasteiger partial charge on any atom is 0.286 e. The second kappa shape index (κ2) is 20.1. The van der Waals surface area contributed by atoms with Crippen LogP contribution in [0.1, 0.15) is 82.2 Å². The maximum absolute atomic E-state index is 14.6. The molecule has 5 atom stereocenters. The minimum Gasteiger partial charge on any atom is -0.507 e. The highest BCUT2D eigenvalue weighted by molar-refractivity contribution is 8.15. The molecule has 1 fully saturated rings. The number of nitrogens with one attached hydrogen (secondary N) is 4. The highest BCUT2D eigenvalue weighted by atomic mass is 32.2. The van der Waals surface area contributed by atoms with Crippen LogP contribution in [0.25, 0.3) is 0 Å². The third-order valence-electron chi connectivity index (χ3n) is 11.1. The van der Waals surface area contributed by atoms with E-state index in [4.69, 9.17) is 14.2 Å². The zero-order valence-corrected chi connectivity index (χ0v) is 37.1. The zero-order valence-electron chi connectivity index (χ0n) is 36.3. The molecule has 0 aromatic heterocycles. The largest absolute Gasteiger partial charge is 0.507 e. The molecule has 6 N–H and O–H groups in total. The van der Waals surface area contributed by atoms with E-state index in [9.17, 15) is 39.1 Å². The predicted molar refractivity (Wildman–Crippen MR) is 225 cm³/mol. The summed E-state index contributed by atoms with van der Waals surface area (Å²) in [6, 6.07) is 6.14. The topological polar surface area (TPSA) is 222 Å². The van der Waals surface area contributed by atoms with Gasteiger partial charge in [-0.3, -0.25) is 39.3 Å². The molecular weight excluding hydrogens is 795 g/mol. The van der Waals surface area contributed by atoms with Gasteiger partial charge in [0, 0.05) is 25.6 Å². The minimum absolute atomic E-state index is 0.0465. The van der Waals surface area contributed by atoms with Gasteiger partial charge in [0.05, 0.1) is 24.3 Å². The number of likely N-dealkylation sites (N-methyl/N-ethyl adjacent to an activating group) is 1. The third-order valence-corrected chi connectivity index (χ3v) is 12.1. The molecule has 4 rings (SSSR count). The van der Waals surface area contributed by atoms with E-state index in [0.29, 0.717) is 41.9 Å². The van der Waals surface area contributed by atoms with Crippen LogP contribution >= 0.6 is 11.8 Å². The average molecular weight is 856 g/mol. The summed E-state index contributed by atoms with van der Waals surface area (Å²) in [6.07, 6.45) is -0.178. The number of aromatic hydroxyl groups is 1. The van der Waals surface area contributed by atoms with Crippen LogP contribution in [0.5, 0.6) is 17.2 Å². The number of phenols is 1. The van der Waals surface area contributed by atoms with Crippen molar-refractivity contribution in [3.63, 3.8) is 0 Å². The van der Waals surface area contributed by atoms with Crippen molar-refractivity contribution in [3.8, 4) is 17.2 Å². The number of phenolic OH excluding ortho intramolecular Hbond substituents is 1. The third kappa shape index (κ3) is 11.5. The molecule has 2 aromatic rings. The van der Waals surface area contributed by atoms with E-state index in [2.05, 4.69) is 16.0 Å². The SMILES string of the molecule is CNC(=O)[C@H](NC(=O)[C@H](CC(C)C)[C@H](OCCN(CCOc1ccc(CC2SC(=O)NC2=O)cc1)C(=O)C1(C)CCc2c(C)c(O)c(C)c(C)c2O1)C(=O)NO)C(C)(C)C. The molecule has 16 nitrogen and oxygen atoms in total. The number of thioether (sulfide) groups is 1. The smallest absolute Gasteiger partial charge is 0.286 e. The molecule has 0 aliphatic carbocycles. The summed E-state index contributed by atoms with van der Waals surface area (Å²) in [5, 5.41) is 27.3. The van der Waals surface area contributed by atoms with Gasteiger partial charge in [0.15, 0.2) is 5.60 Å². The van der Waals surface area contributed by atoms with Crippen LogP contribution in [0.4, 0.5) is 4.79 Å². The Kier molecular flexibility index (Phi) is 16.0. The number of carbonyl (C=O) groups is 6. The highest BCUT2D eigenvalue weighted by Gasteiger charge is 2.44. The molecule has 2 aliphatic heterocycles. The van der Waals surface area contributed by atoms with E-state index in [0.717, 1.165) is 28.5 Å². The molecule has 60 heavy (non-hydrogen) atoms. The summed E-state index contributed by atoms with van der Waals surface area (Å²) in [7, 11) is 1.47. The molecule has 0 radical (unpaired) electrons. The lowest BCUT2D eigenvalue weighted by Gasteiger charge is -2.40. The lowest BCUT2D eigenvalue weighted by Crippen LogP contribution is -2.57. The Bertz CT molecular complexity index is 1930. The molecule has 17 heteroatoms. The molecule has 0 spiro atoms. The predicted octanol–water partition coefficient (Wildman–Crippen LogP) is 4.03. The Labute approximate surface area is 356 Å². The molecular formula is C43H61N5O11S. The first-order valence-electron chi connectivity index (χ1n) is 20.2. The first-order valence-corrected chi connectivity index (χ1v) is 21.1. The number of carbonyl (C=O) groups excluding carboxylic acids is 6. The lowest BCUT2D eigenvalue weighted by molar-refractivity contribution is -0.155. The van der Waals surface area contributed by atoms with Gasteiger partial charge < -0.3 is 34.9 Å². The Morgan fingerprint density at radius 3 is 2.22 bits per heavy atom. The summed E-state index contributed by atoms with van der Waals surface area (Å²) in [6.45, 7) is 16.1. The maximum atomic E-state index is 14.6. The van der Waals surface area contributed by atoms with Crippen LogP contribution in [-0.4, -0.2) is 106 Å². The number of amides is 6. The van der Waals surface area contributed by atoms with Crippen molar-refractivity contribution in [2.45, 2.75) is 111 Å². The van der Waals surface area contributed by atoms with E-state index in [1.165, 1.54) is 11.9 Å². The number of nitrogens with zero attached hydrogens (tertiary/aromatic N) is 1. The number of imide groups is 1. The standard InChI is InChI=1S/C43H61N5O11S/c1-23(2)21-30(36(50)45-35(39(53)44-10)42(6,7)8)34(38(52)47-56)58-20-18-48(17-19-57-28-13-11-27(12-14-28)22-31-37(51)46-41(55)60-31)40(54)43(9)16-15-29-26(5)32(49)24(3)25(4)33(29)59-43/h11-14,23,30-31,34-35,49,56H,15-22H2,1-10H3,(H,44,53)(H,45,50)(H,47,52)(H,46,51,55)/t30-,31?,34+,35+,43?/m1/s1. The Hall–Kier alpha value is -4.87. The number of fused-ring (bicyclic) bond motifs is 1. The quantitative estimate of drug-likeness (QED) is 0.0925. The first-order chi connectivity index (χ1) is 28.1. The summed E-state index contributed by atoms with van der Waals surface area (Å²) in [5.41, 5.74) is 3.36.